The highest BCUT2D eigenvalue weighted by atomic mass is 16.2. The summed E-state index contributed by atoms with van der Waals surface area (Å²) < 4.78 is 0. The summed E-state index contributed by atoms with van der Waals surface area (Å²) in [7, 11) is 0. The van der Waals surface area contributed by atoms with Crippen molar-refractivity contribution in [1.29, 1.82) is 0 Å². The summed E-state index contributed by atoms with van der Waals surface area (Å²) in [5, 5.41) is 15.5. The third-order valence-corrected chi connectivity index (χ3v) is 11.1. The van der Waals surface area contributed by atoms with Crippen molar-refractivity contribution in [3.63, 3.8) is 0 Å². The molecule has 18 heteroatoms. The zero-order valence-electron chi connectivity index (χ0n) is 36.4. The Hall–Kier alpha value is -7.34. The van der Waals surface area contributed by atoms with Crippen LogP contribution in [0.2, 0.25) is 0 Å². The number of rotatable bonds is 22. The molecule has 1 saturated heterocycles. The molecule has 1 aliphatic heterocycles. The van der Waals surface area contributed by atoms with E-state index in [1.165, 1.54) is 11.8 Å². The average molecular weight is 890 g/mol. The first-order valence-corrected chi connectivity index (χ1v) is 21.6. The van der Waals surface area contributed by atoms with Gasteiger partial charge in [-0.1, -0.05) is 103 Å². The number of amides is 7. The Morgan fingerprint density at radius 3 is 1.91 bits per heavy atom. The van der Waals surface area contributed by atoms with Crippen LogP contribution in [0.1, 0.15) is 49.3 Å². The van der Waals surface area contributed by atoms with E-state index < -0.39 is 84.1 Å². The van der Waals surface area contributed by atoms with Crippen molar-refractivity contribution in [3.8, 4) is 0 Å². The van der Waals surface area contributed by atoms with Crippen molar-refractivity contribution in [3.05, 3.63) is 120 Å². The van der Waals surface area contributed by atoms with Crippen LogP contribution in [0.3, 0.4) is 0 Å². The molecular weight excluding hydrogens is 831 g/mol. The van der Waals surface area contributed by atoms with Gasteiger partial charge < -0.3 is 54.4 Å². The van der Waals surface area contributed by atoms with E-state index in [0.29, 0.717) is 18.4 Å². The molecule has 4 aromatic carbocycles. The first-order valence-electron chi connectivity index (χ1n) is 21.6. The van der Waals surface area contributed by atoms with Crippen molar-refractivity contribution >= 4 is 58.1 Å². The zero-order valence-corrected chi connectivity index (χ0v) is 36.4. The van der Waals surface area contributed by atoms with Crippen molar-refractivity contribution in [1.82, 2.24) is 31.5 Å². The summed E-state index contributed by atoms with van der Waals surface area (Å²) in [5.74, 6) is -4.62. The average Bonchev–Trinajstić information content (AvgIpc) is 3.79. The van der Waals surface area contributed by atoms with Crippen molar-refractivity contribution in [2.75, 3.05) is 19.6 Å². The number of fused-ring (bicyclic) bond motifs is 1. The number of guanidine groups is 1. The molecule has 1 fully saturated rings. The molecule has 0 aliphatic carbocycles. The number of carbonyl (C=O) groups excluding carboxylic acids is 7. The molecule has 13 N–H and O–H groups in total. The molecule has 7 amide bonds. The van der Waals surface area contributed by atoms with E-state index >= 15 is 0 Å². The minimum absolute atomic E-state index is 0.0339. The molecule has 0 bridgehead atoms. The van der Waals surface area contributed by atoms with Crippen LogP contribution in [-0.4, -0.2) is 108 Å². The predicted octanol–water partition coefficient (Wildman–Crippen LogP) is -0.200. The van der Waals surface area contributed by atoms with Gasteiger partial charge in [0.05, 0.1) is 12.6 Å². The quantitative estimate of drug-likeness (QED) is 0.0285. The second kappa shape index (κ2) is 23.9. The number of primary amides is 1. The molecule has 0 spiro atoms. The molecule has 344 valence electrons. The molecule has 0 radical (unpaired) electrons. The van der Waals surface area contributed by atoms with Crippen LogP contribution in [0.5, 0.6) is 0 Å². The van der Waals surface area contributed by atoms with Crippen molar-refractivity contribution < 1.29 is 33.6 Å². The third kappa shape index (κ3) is 14.9. The Morgan fingerprint density at radius 1 is 0.677 bits per heavy atom. The highest BCUT2D eigenvalue weighted by Gasteiger charge is 2.38. The molecule has 0 saturated carbocycles. The summed E-state index contributed by atoms with van der Waals surface area (Å²) in [6, 6.07) is 25.4. The van der Waals surface area contributed by atoms with Gasteiger partial charge in [0.1, 0.15) is 30.2 Å². The number of hydrogen-bond donors (Lipinski definition) is 9. The lowest BCUT2D eigenvalue weighted by Gasteiger charge is -2.29. The number of nitrogens with two attached hydrogens (primary N) is 4. The topological polar surface area (TPSA) is 299 Å². The minimum atomic E-state index is -1.21. The van der Waals surface area contributed by atoms with Gasteiger partial charge in [-0.05, 0) is 66.5 Å². The Bertz CT molecular complexity index is 2320. The number of likely N-dealkylation sites (tertiary alicyclic amines) is 1. The Morgan fingerprint density at radius 2 is 1.28 bits per heavy atom. The lowest BCUT2D eigenvalue weighted by atomic mass is 10.00. The van der Waals surface area contributed by atoms with Crippen LogP contribution in [0, 0.1) is 0 Å². The van der Waals surface area contributed by atoms with E-state index in [1.54, 1.807) is 24.3 Å². The molecule has 4 aromatic rings. The fraction of sp³-hybridized carbons (Fsp3) is 0.362. The first kappa shape index (κ1) is 48.7. The van der Waals surface area contributed by atoms with Crippen LogP contribution < -0.4 is 49.5 Å². The molecule has 5 rings (SSSR count). The van der Waals surface area contributed by atoms with Gasteiger partial charge in [-0.2, -0.15) is 0 Å². The van der Waals surface area contributed by atoms with Crippen LogP contribution in [0.25, 0.3) is 10.8 Å². The smallest absolute Gasteiger partial charge is 0.245 e. The molecule has 0 unspecified atom stereocenters. The Kier molecular flexibility index (Phi) is 17.9. The second-order valence-electron chi connectivity index (χ2n) is 16.1. The number of nitrogens with zero attached hydrogens (tertiary/aromatic N) is 2. The lowest BCUT2D eigenvalue weighted by Crippen LogP contribution is -2.58. The van der Waals surface area contributed by atoms with Gasteiger partial charge in [0, 0.05) is 25.9 Å². The highest BCUT2D eigenvalue weighted by molar-refractivity contribution is 5.97. The summed E-state index contributed by atoms with van der Waals surface area (Å²) in [6.07, 6.45) is 1.54. The van der Waals surface area contributed by atoms with Gasteiger partial charge >= 0.3 is 0 Å². The number of nitrogens with one attached hydrogen (secondary N) is 5. The normalized spacial score (nSPS) is 15.6. The van der Waals surface area contributed by atoms with E-state index in [0.717, 1.165) is 21.9 Å². The lowest BCUT2D eigenvalue weighted by molar-refractivity contribution is -0.142. The van der Waals surface area contributed by atoms with E-state index in [4.69, 9.17) is 22.9 Å². The summed E-state index contributed by atoms with van der Waals surface area (Å²) in [6.45, 7) is 1.24. The zero-order chi connectivity index (χ0) is 46.9. The maximum Gasteiger partial charge on any atom is 0.245 e. The molecule has 6 atom stereocenters. The molecule has 18 nitrogen and oxygen atoms in total. The van der Waals surface area contributed by atoms with Gasteiger partial charge in [0.25, 0.3) is 0 Å². The first-order chi connectivity index (χ1) is 31.2. The number of benzene rings is 4. The van der Waals surface area contributed by atoms with Gasteiger partial charge in [0.2, 0.25) is 41.4 Å². The van der Waals surface area contributed by atoms with Crippen LogP contribution >= 0.6 is 0 Å². The number of hydrogen-bond acceptors (Lipinski definition) is 9. The van der Waals surface area contributed by atoms with Gasteiger partial charge in [-0.25, -0.2) is 0 Å². The van der Waals surface area contributed by atoms with E-state index in [1.807, 2.05) is 78.9 Å². The summed E-state index contributed by atoms with van der Waals surface area (Å²) in [5.41, 5.74) is 25.0. The fourth-order valence-corrected chi connectivity index (χ4v) is 7.56. The molecule has 1 aliphatic rings. The third-order valence-electron chi connectivity index (χ3n) is 11.1. The second-order valence-corrected chi connectivity index (χ2v) is 16.1. The van der Waals surface area contributed by atoms with Crippen molar-refractivity contribution in [2.24, 2.45) is 27.9 Å². The van der Waals surface area contributed by atoms with E-state index in [2.05, 4.69) is 31.6 Å². The standard InChI is InChI=1S/C47H59N11O7/c1-29(41(49)60)54-45(64)39-19-11-23-58(39)46(65)36(18-10-22-52-47(50)51)55-40(59)28-53-43(62)37(26-30-12-4-2-5-13-30)57-44(63)38(27-31-14-6-3-7-15-31)56-42(61)35(48)25-32-20-21-33-16-8-9-17-34(33)24-32/h2-9,12-17,20-21,24,29,35-39H,10-11,18-19,22-23,25-28,48H2,1H3,(H2,49,60)(H,53,62)(H,54,64)(H,55,59)(H,56,61)(H,57,63)(H4,50,51,52)/t29-,35-,36+,37-,38-,39+/m1/s1. The molecule has 65 heavy (non-hydrogen) atoms. The van der Waals surface area contributed by atoms with Crippen LogP contribution in [0.4, 0.5) is 0 Å². The van der Waals surface area contributed by atoms with E-state index in [-0.39, 0.29) is 51.2 Å². The Balaban J connectivity index is 1.28. The SMILES string of the molecule is C[C@@H](NC(=O)[C@@H]1CCCN1C(=O)[C@H](CCCN=C(N)N)NC(=O)CNC(=O)[C@@H](Cc1ccccc1)NC(=O)[C@@H](Cc1ccccc1)NC(=O)[C@H](N)Cc1ccc2ccccc2c1)C(N)=O. The maximum absolute atomic E-state index is 14.2. The highest BCUT2D eigenvalue weighted by Crippen LogP contribution is 2.21. The predicted molar refractivity (Wildman–Crippen MR) is 246 cm³/mol. The van der Waals surface area contributed by atoms with Gasteiger partial charge in [0.15, 0.2) is 5.96 Å². The van der Waals surface area contributed by atoms with Gasteiger partial charge in [-0.3, -0.25) is 38.6 Å². The van der Waals surface area contributed by atoms with Crippen LogP contribution in [-0.2, 0) is 52.8 Å². The van der Waals surface area contributed by atoms with Gasteiger partial charge in [-0.15, -0.1) is 0 Å². The van der Waals surface area contributed by atoms with Crippen LogP contribution in [0.15, 0.2) is 108 Å². The molecule has 0 aromatic heterocycles. The number of carbonyl (C=O) groups is 7. The molecular formula is C47H59N11O7. The fourth-order valence-electron chi connectivity index (χ4n) is 7.56. The summed E-state index contributed by atoms with van der Waals surface area (Å²) in [4.78, 5) is 99.2. The number of aliphatic imine (C=N–C) groups is 1. The van der Waals surface area contributed by atoms with E-state index in [9.17, 15) is 33.6 Å². The maximum atomic E-state index is 14.2. The molecule has 1 heterocycles. The summed E-state index contributed by atoms with van der Waals surface area (Å²) >= 11 is 0. The largest absolute Gasteiger partial charge is 0.370 e. The van der Waals surface area contributed by atoms with Crippen molar-refractivity contribution in [2.45, 2.75) is 88.1 Å². The minimum Gasteiger partial charge on any atom is -0.370 e. The Labute approximate surface area is 377 Å². The monoisotopic (exact) mass is 889 g/mol.